The lowest BCUT2D eigenvalue weighted by Gasteiger charge is -2.11. The number of fused-ring (bicyclic) bond motifs is 3. The van der Waals surface area contributed by atoms with Crippen molar-refractivity contribution in [2.45, 2.75) is 12.1 Å². The second kappa shape index (κ2) is 8.73. The number of thioether (sulfide) groups is 1. The van der Waals surface area contributed by atoms with E-state index in [1.54, 1.807) is 39.5 Å². The predicted molar refractivity (Wildman–Crippen MR) is 121 cm³/mol. The maximum absolute atomic E-state index is 12.6. The van der Waals surface area contributed by atoms with Gasteiger partial charge in [-0.15, -0.1) is 10.2 Å². The van der Waals surface area contributed by atoms with Crippen LogP contribution in [0.15, 0.2) is 47.6 Å². The van der Waals surface area contributed by atoms with Crippen molar-refractivity contribution in [1.82, 2.24) is 14.6 Å². The summed E-state index contributed by atoms with van der Waals surface area (Å²) < 4.78 is 17.8. The molecule has 8 nitrogen and oxygen atoms in total. The number of methoxy groups -OCH3 is 3. The molecule has 160 valence electrons. The van der Waals surface area contributed by atoms with Crippen molar-refractivity contribution >= 4 is 39.9 Å². The van der Waals surface area contributed by atoms with Crippen molar-refractivity contribution in [3.8, 4) is 17.2 Å². The SMILES string of the molecule is COc1ccc(NC(=O)CSc2nnc3c(C)cc4cc(OC)ccc4n23)c(OC)c1. The Morgan fingerprint density at radius 2 is 1.74 bits per heavy atom. The number of rotatable bonds is 7. The van der Waals surface area contributed by atoms with Gasteiger partial charge in [0, 0.05) is 11.5 Å². The van der Waals surface area contributed by atoms with E-state index in [0.717, 1.165) is 27.9 Å². The summed E-state index contributed by atoms with van der Waals surface area (Å²) in [6, 6.07) is 13.1. The van der Waals surface area contributed by atoms with Gasteiger partial charge >= 0.3 is 0 Å². The molecule has 4 aromatic rings. The Labute approximate surface area is 183 Å². The first-order chi connectivity index (χ1) is 15.0. The predicted octanol–water partition coefficient (Wildman–Crippen LogP) is 3.95. The highest BCUT2D eigenvalue weighted by Crippen LogP contribution is 2.30. The minimum Gasteiger partial charge on any atom is -0.497 e. The van der Waals surface area contributed by atoms with Crippen LogP contribution in [0.2, 0.25) is 0 Å². The van der Waals surface area contributed by atoms with E-state index in [-0.39, 0.29) is 11.7 Å². The number of aromatic nitrogens is 3. The average Bonchev–Trinajstić information content (AvgIpc) is 3.22. The van der Waals surface area contributed by atoms with Crippen LogP contribution in [0.25, 0.3) is 16.6 Å². The minimum atomic E-state index is -0.177. The average molecular weight is 439 g/mol. The molecule has 1 N–H and O–H groups in total. The first-order valence-corrected chi connectivity index (χ1v) is 10.5. The third-order valence-corrected chi connectivity index (χ3v) is 5.78. The lowest BCUT2D eigenvalue weighted by Crippen LogP contribution is -2.15. The number of benzene rings is 2. The number of pyridine rings is 1. The normalized spacial score (nSPS) is 11.0. The Morgan fingerprint density at radius 3 is 2.48 bits per heavy atom. The van der Waals surface area contributed by atoms with E-state index in [0.29, 0.717) is 22.3 Å². The van der Waals surface area contributed by atoms with E-state index in [4.69, 9.17) is 14.2 Å². The van der Waals surface area contributed by atoms with Crippen LogP contribution in [0.4, 0.5) is 5.69 Å². The van der Waals surface area contributed by atoms with Gasteiger partial charge in [-0.1, -0.05) is 11.8 Å². The third-order valence-electron chi connectivity index (χ3n) is 4.85. The van der Waals surface area contributed by atoms with Gasteiger partial charge in [-0.2, -0.15) is 0 Å². The van der Waals surface area contributed by atoms with Gasteiger partial charge in [0.1, 0.15) is 17.2 Å². The molecule has 2 heterocycles. The van der Waals surface area contributed by atoms with Crippen LogP contribution in [0, 0.1) is 6.92 Å². The number of aryl methyl sites for hydroxylation is 1. The smallest absolute Gasteiger partial charge is 0.234 e. The molecule has 1 amide bonds. The number of carbonyl (C=O) groups excluding carboxylic acids is 1. The molecular formula is C22H22N4O4S. The summed E-state index contributed by atoms with van der Waals surface area (Å²) in [5.74, 6) is 1.95. The zero-order valence-corrected chi connectivity index (χ0v) is 18.4. The molecule has 2 aromatic carbocycles. The molecule has 0 aliphatic heterocycles. The molecule has 0 aliphatic carbocycles. The highest BCUT2D eigenvalue weighted by atomic mass is 32.2. The van der Waals surface area contributed by atoms with Crippen LogP contribution in [-0.2, 0) is 4.79 Å². The monoisotopic (exact) mass is 438 g/mol. The number of nitrogens with one attached hydrogen (secondary N) is 1. The van der Waals surface area contributed by atoms with Gasteiger partial charge in [-0.25, -0.2) is 0 Å². The third kappa shape index (κ3) is 4.09. The fourth-order valence-corrected chi connectivity index (χ4v) is 4.08. The molecule has 31 heavy (non-hydrogen) atoms. The highest BCUT2D eigenvalue weighted by Gasteiger charge is 2.15. The van der Waals surface area contributed by atoms with Crippen molar-refractivity contribution < 1.29 is 19.0 Å². The Balaban J connectivity index is 1.57. The maximum atomic E-state index is 12.6. The number of anilines is 1. The molecule has 0 bridgehead atoms. The molecule has 4 rings (SSSR count). The van der Waals surface area contributed by atoms with Gasteiger partial charge in [-0.05, 0) is 48.9 Å². The summed E-state index contributed by atoms with van der Waals surface area (Å²) in [7, 11) is 4.76. The van der Waals surface area contributed by atoms with Crippen LogP contribution < -0.4 is 19.5 Å². The first kappa shape index (κ1) is 20.8. The van der Waals surface area contributed by atoms with Gasteiger partial charge < -0.3 is 19.5 Å². The molecule has 0 fully saturated rings. The molecule has 0 aliphatic rings. The van der Waals surface area contributed by atoms with Crippen LogP contribution in [-0.4, -0.2) is 47.6 Å². The van der Waals surface area contributed by atoms with E-state index in [1.165, 1.54) is 11.8 Å². The number of ether oxygens (including phenoxy) is 3. The zero-order chi connectivity index (χ0) is 22.0. The molecular weight excluding hydrogens is 416 g/mol. The molecule has 0 saturated carbocycles. The molecule has 0 saturated heterocycles. The summed E-state index contributed by atoms with van der Waals surface area (Å²) >= 11 is 1.32. The number of hydrogen-bond acceptors (Lipinski definition) is 7. The maximum Gasteiger partial charge on any atom is 0.234 e. The van der Waals surface area contributed by atoms with Gasteiger partial charge in [-0.3, -0.25) is 9.20 Å². The van der Waals surface area contributed by atoms with Crippen molar-refractivity contribution in [1.29, 1.82) is 0 Å². The molecule has 0 spiro atoms. The molecule has 2 aromatic heterocycles. The van der Waals surface area contributed by atoms with E-state index >= 15 is 0 Å². The van der Waals surface area contributed by atoms with E-state index < -0.39 is 0 Å². The quantitative estimate of drug-likeness (QED) is 0.437. The number of amides is 1. The van der Waals surface area contributed by atoms with Gasteiger partial charge in [0.2, 0.25) is 5.91 Å². The zero-order valence-electron chi connectivity index (χ0n) is 17.6. The van der Waals surface area contributed by atoms with Crippen LogP contribution in [0.3, 0.4) is 0 Å². The lowest BCUT2D eigenvalue weighted by atomic mass is 10.1. The molecule has 0 atom stereocenters. The van der Waals surface area contributed by atoms with E-state index in [2.05, 4.69) is 21.6 Å². The Bertz CT molecular complexity index is 1270. The summed E-state index contributed by atoms with van der Waals surface area (Å²) in [5, 5.41) is 13.2. The largest absolute Gasteiger partial charge is 0.497 e. The van der Waals surface area contributed by atoms with Crippen LogP contribution in [0.5, 0.6) is 17.2 Å². The standard InChI is InChI=1S/C22H22N4O4S/c1-13-9-14-10-15(28-2)6-8-18(14)26-21(13)24-25-22(26)31-12-20(27)23-17-7-5-16(29-3)11-19(17)30-4/h5-11H,12H2,1-4H3,(H,23,27). The topological polar surface area (TPSA) is 87.0 Å². The second-order valence-corrected chi connectivity index (χ2v) is 7.74. The van der Waals surface area contributed by atoms with E-state index in [1.807, 2.05) is 29.5 Å². The number of carbonyl (C=O) groups is 1. The first-order valence-electron chi connectivity index (χ1n) is 9.51. The fraction of sp³-hybridized carbons (Fsp3) is 0.227. The second-order valence-electron chi connectivity index (χ2n) is 6.80. The number of hydrogen-bond donors (Lipinski definition) is 1. The summed E-state index contributed by atoms with van der Waals surface area (Å²) in [5.41, 5.74) is 3.28. The lowest BCUT2D eigenvalue weighted by molar-refractivity contribution is -0.113. The van der Waals surface area contributed by atoms with Crippen LogP contribution in [0.1, 0.15) is 5.56 Å². The van der Waals surface area contributed by atoms with Gasteiger partial charge in [0.25, 0.3) is 0 Å². The Hall–Kier alpha value is -3.46. The van der Waals surface area contributed by atoms with Crippen LogP contribution >= 0.6 is 11.8 Å². The van der Waals surface area contributed by atoms with Gasteiger partial charge in [0.05, 0.1) is 38.3 Å². The Morgan fingerprint density at radius 1 is 1.00 bits per heavy atom. The van der Waals surface area contributed by atoms with Crippen molar-refractivity contribution in [2.24, 2.45) is 0 Å². The Kier molecular flexibility index (Phi) is 5.85. The van der Waals surface area contributed by atoms with Crippen molar-refractivity contribution in [3.05, 3.63) is 48.0 Å². The van der Waals surface area contributed by atoms with Crippen molar-refractivity contribution in [2.75, 3.05) is 32.4 Å². The molecule has 0 unspecified atom stereocenters. The van der Waals surface area contributed by atoms with Crippen molar-refractivity contribution in [3.63, 3.8) is 0 Å². The highest BCUT2D eigenvalue weighted by molar-refractivity contribution is 7.99. The molecule has 0 radical (unpaired) electrons. The minimum absolute atomic E-state index is 0.168. The fourth-order valence-electron chi connectivity index (χ4n) is 3.33. The summed E-state index contributed by atoms with van der Waals surface area (Å²) in [4.78, 5) is 12.6. The number of nitrogens with zero attached hydrogens (tertiary/aromatic N) is 3. The molecule has 9 heteroatoms. The van der Waals surface area contributed by atoms with Gasteiger partial charge in [0.15, 0.2) is 10.8 Å². The van der Waals surface area contributed by atoms with E-state index in [9.17, 15) is 4.79 Å². The summed E-state index contributed by atoms with van der Waals surface area (Å²) in [6.45, 7) is 1.99. The summed E-state index contributed by atoms with van der Waals surface area (Å²) in [6.07, 6.45) is 0.